The Morgan fingerprint density at radius 2 is 1.74 bits per heavy atom. The molecule has 3 aromatic rings. The average molecular weight is 402 g/mol. The van der Waals surface area contributed by atoms with Crippen LogP contribution in [0.3, 0.4) is 0 Å². The van der Waals surface area contributed by atoms with E-state index >= 15 is 0 Å². The number of pyridine rings is 1. The van der Waals surface area contributed by atoms with Gasteiger partial charge in [0, 0.05) is 23.1 Å². The van der Waals surface area contributed by atoms with Crippen LogP contribution in [0.4, 0.5) is 0 Å². The number of benzene rings is 1. The minimum atomic E-state index is 0.119. The molecule has 140 valence electrons. The van der Waals surface area contributed by atoms with E-state index in [1.54, 1.807) is 23.1 Å². The summed E-state index contributed by atoms with van der Waals surface area (Å²) in [6, 6.07) is 7.45. The highest BCUT2D eigenvalue weighted by molar-refractivity contribution is 6.34. The second kappa shape index (κ2) is 7.99. The average Bonchev–Trinajstić information content (AvgIpc) is 2.97. The van der Waals surface area contributed by atoms with Crippen molar-refractivity contribution < 1.29 is 4.79 Å². The van der Waals surface area contributed by atoms with Gasteiger partial charge in [0.1, 0.15) is 0 Å². The Morgan fingerprint density at radius 3 is 2.48 bits per heavy atom. The van der Waals surface area contributed by atoms with Crippen molar-refractivity contribution in [1.29, 1.82) is 0 Å². The van der Waals surface area contributed by atoms with Gasteiger partial charge in [0.25, 0.3) is 0 Å². The molecule has 0 amide bonds. The molecule has 0 aliphatic heterocycles. The second-order valence-electron chi connectivity index (χ2n) is 7.20. The van der Waals surface area contributed by atoms with Crippen LogP contribution in [-0.2, 0) is 0 Å². The zero-order valence-corrected chi connectivity index (χ0v) is 16.5. The molecule has 2 aromatic heterocycles. The van der Waals surface area contributed by atoms with E-state index < -0.39 is 0 Å². The third kappa shape index (κ3) is 3.87. The first-order valence-corrected chi connectivity index (χ1v) is 10.2. The summed E-state index contributed by atoms with van der Waals surface area (Å²) in [5, 5.41) is 6.09. The lowest BCUT2D eigenvalue weighted by Crippen LogP contribution is -2.16. The summed E-state index contributed by atoms with van der Waals surface area (Å²) in [6.45, 7) is 0. The van der Waals surface area contributed by atoms with E-state index in [2.05, 4.69) is 10.1 Å². The highest BCUT2D eigenvalue weighted by Crippen LogP contribution is 2.30. The maximum atomic E-state index is 13.0. The van der Waals surface area contributed by atoms with Gasteiger partial charge >= 0.3 is 0 Å². The van der Waals surface area contributed by atoms with Crippen molar-refractivity contribution in [1.82, 2.24) is 14.8 Å². The molecule has 0 bridgehead atoms. The number of ketones is 1. The van der Waals surface area contributed by atoms with E-state index in [-0.39, 0.29) is 11.7 Å². The maximum Gasteiger partial charge on any atom is 0.165 e. The first-order valence-electron chi connectivity index (χ1n) is 9.47. The monoisotopic (exact) mass is 401 g/mol. The van der Waals surface area contributed by atoms with Gasteiger partial charge in [-0.05, 0) is 37.1 Å². The number of fused-ring (bicyclic) bond motifs is 1. The fourth-order valence-corrected chi connectivity index (χ4v) is 4.30. The van der Waals surface area contributed by atoms with Crippen LogP contribution in [-0.4, -0.2) is 20.5 Å². The van der Waals surface area contributed by atoms with Gasteiger partial charge in [-0.15, -0.1) is 0 Å². The topological polar surface area (TPSA) is 47.8 Å². The Bertz CT molecular complexity index is 975. The summed E-state index contributed by atoms with van der Waals surface area (Å²) < 4.78 is 1.71. The SMILES string of the molecule is O=C(c1ccc2c(c1)c(Cl)nn2-c1cncc(Cl)c1)C1CCCCCCC1. The van der Waals surface area contributed by atoms with Crippen molar-refractivity contribution in [3.05, 3.63) is 52.4 Å². The van der Waals surface area contributed by atoms with E-state index in [4.69, 9.17) is 23.2 Å². The van der Waals surface area contributed by atoms with Crippen molar-refractivity contribution in [3.63, 3.8) is 0 Å². The highest BCUT2D eigenvalue weighted by atomic mass is 35.5. The molecular formula is C21H21Cl2N3O. The van der Waals surface area contributed by atoms with Gasteiger partial charge in [-0.2, -0.15) is 5.10 Å². The minimum Gasteiger partial charge on any atom is -0.294 e. The number of carbonyl (C=O) groups is 1. The van der Waals surface area contributed by atoms with Gasteiger partial charge in [-0.3, -0.25) is 9.78 Å². The van der Waals surface area contributed by atoms with Crippen molar-refractivity contribution in [2.24, 2.45) is 5.92 Å². The molecule has 1 aliphatic rings. The number of Topliss-reactive ketones (excluding diaryl/α,β-unsaturated/α-hetero) is 1. The molecular weight excluding hydrogens is 381 g/mol. The molecule has 1 aliphatic carbocycles. The van der Waals surface area contributed by atoms with E-state index in [1.807, 2.05) is 18.2 Å². The first-order chi connectivity index (χ1) is 13.1. The molecule has 1 aromatic carbocycles. The molecule has 0 radical (unpaired) electrons. The molecule has 6 heteroatoms. The summed E-state index contributed by atoms with van der Waals surface area (Å²) in [7, 11) is 0. The predicted molar refractivity (Wildman–Crippen MR) is 109 cm³/mol. The standard InChI is InChI=1S/C21H21Cl2N3O/c22-16-11-17(13-24-12-16)26-19-9-8-15(10-18(19)21(23)25-26)20(27)14-6-4-2-1-3-5-7-14/h8-14H,1-7H2. The molecule has 27 heavy (non-hydrogen) atoms. The largest absolute Gasteiger partial charge is 0.294 e. The van der Waals surface area contributed by atoms with Crippen LogP contribution in [0.25, 0.3) is 16.6 Å². The van der Waals surface area contributed by atoms with Crippen LogP contribution in [0.2, 0.25) is 10.2 Å². The maximum absolute atomic E-state index is 13.0. The number of carbonyl (C=O) groups excluding carboxylic acids is 1. The lowest BCUT2D eigenvalue weighted by atomic mass is 9.85. The Hall–Kier alpha value is -1.91. The third-order valence-electron chi connectivity index (χ3n) is 5.33. The van der Waals surface area contributed by atoms with Crippen LogP contribution in [0, 0.1) is 5.92 Å². The number of hydrogen-bond acceptors (Lipinski definition) is 3. The Kier molecular flexibility index (Phi) is 5.46. The van der Waals surface area contributed by atoms with Crippen molar-refractivity contribution in [3.8, 4) is 5.69 Å². The highest BCUT2D eigenvalue weighted by Gasteiger charge is 2.22. The molecule has 0 saturated heterocycles. The van der Waals surface area contributed by atoms with Gasteiger partial charge in [0.05, 0.1) is 22.4 Å². The molecule has 4 rings (SSSR count). The quantitative estimate of drug-likeness (QED) is 0.485. The molecule has 1 saturated carbocycles. The molecule has 2 heterocycles. The Morgan fingerprint density at radius 1 is 1.00 bits per heavy atom. The zero-order chi connectivity index (χ0) is 18.8. The fraction of sp³-hybridized carbons (Fsp3) is 0.381. The molecule has 4 nitrogen and oxygen atoms in total. The minimum absolute atomic E-state index is 0.119. The van der Waals surface area contributed by atoms with Gasteiger partial charge in [0.15, 0.2) is 10.9 Å². The van der Waals surface area contributed by atoms with Crippen LogP contribution < -0.4 is 0 Å². The number of halogens is 2. The number of nitrogens with zero attached hydrogens (tertiary/aromatic N) is 3. The fourth-order valence-electron chi connectivity index (χ4n) is 3.90. The van der Waals surface area contributed by atoms with Crippen molar-refractivity contribution in [2.75, 3.05) is 0 Å². The van der Waals surface area contributed by atoms with Crippen LogP contribution in [0.1, 0.15) is 55.3 Å². The van der Waals surface area contributed by atoms with E-state index in [0.717, 1.165) is 47.8 Å². The van der Waals surface area contributed by atoms with Gasteiger partial charge in [0.2, 0.25) is 0 Å². The molecule has 1 fully saturated rings. The van der Waals surface area contributed by atoms with Crippen LogP contribution >= 0.6 is 23.2 Å². The van der Waals surface area contributed by atoms with Crippen LogP contribution in [0.15, 0.2) is 36.7 Å². The molecule has 0 spiro atoms. The summed E-state index contributed by atoms with van der Waals surface area (Å²) in [6.07, 6.45) is 11.3. The van der Waals surface area contributed by atoms with E-state index in [0.29, 0.717) is 10.2 Å². The second-order valence-corrected chi connectivity index (χ2v) is 8.00. The molecule has 0 unspecified atom stereocenters. The Labute approximate surface area is 168 Å². The van der Waals surface area contributed by atoms with E-state index in [9.17, 15) is 4.79 Å². The normalized spacial score (nSPS) is 16.2. The lowest BCUT2D eigenvalue weighted by molar-refractivity contribution is 0.0898. The summed E-state index contributed by atoms with van der Waals surface area (Å²) >= 11 is 12.4. The first kappa shape index (κ1) is 18.5. The van der Waals surface area contributed by atoms with Crippen LogP contribution in [0.5, 0.6) is 0 Å². The predicted octanol–water partition coefficient (Wildman–Crippen LogP) is 6.27. The van der Waals surface area contributed by atoms with E-state index in [1.165, 1.54) is 19.3 Å². The summed E-state index contributed by atoms with van der Waals surface area (Å²) in [4.78, 5) is 17.2. The van der Waals surface area contributed by atoms with Gasteiger partial charge in [-0.1, -0.05) is 55.3 Å². The number of aromatic nitrogens is 3. The summed E-state index contributed by atoms with van der Waals surface area (Å²) in [5.41, 5.74) is 2.29. The Balaban J connectivity index is 1.68. The van der Waals surface area contributed by atoms with Gasteiger partial charge < -0.3 is 0 Å². The smallest absolute Gasteiger partial charge is 0.165 e. The molecule has 0 atom stereocenters. The number of hydrogen-bond donors (Lipinski definition) is 0. The van der Waals surface area contributed by atoms with Crippen molar-refractivity contribution in [2.45, 2.75) is 44.9 Å². The summed E-state index contributed by atoms with van der Waals surface area (Å²) in [5.74, 6) is 0.348. The molecule has 0 N–H and O–H groups in total. The lowest BCUT2D eigenvalue weighted by Gasteiger charge is -2.18. The van der Waals surface area contributed by atoms with Gasteiger partial charge in [-0.25, -0.2) is 4.68 Å². The van der Waals surface area contributed by atoms with Crippen molar-refractivity contribution >= 4 is 39.9 Å². The third-order valence-corrected chi connectivity index (χ3v) is 5.82. The zero-order valence-electron chi connectivity index (χ0n) is 15.0. The number of rotatable bonds is 3.